The highest BCUT2D eigenvalue weighted by Gasteiger charge is 2.33. The molecule has 0 radical (unpaired) electrons. The van der Waals surface area contributed by atoms with Gasteiger partial charge in [0, 0.05) is 30.3 Å². The summed E-state index contributed by atoms with van der Waals surface area (Å²) in [4.78, 5) is 37.2. The molecule has 182 valence electrons. The summed E-state index contributed by atoms with van der Waals surface area (Å²) in [7, 11) is 0. The number of carbonyl (C=O) groups is 2. The average molecular weight is 492 g/mol. The van der Waals surface area contributed by atoms with Gasteiger partial charge in [0.05, 0.1) is 17.5 Å². The largest absolute Gasteiger partial charge is 0.453 e. The molecule has 1 unspecified atom stereocenters. The van der Waals surface area contributed by atoms with Crippen molar-refractivity contribution in [3.8, 4) is 11.1 Å². The summed E-state index contributed by atoms with van der Waals surface area (Å²) in [5.74, 6) is -2.80. The number of fused-ring (bicyclic) bond motifs is 2. The molecule has 2 heterocycles. The second kappa shape index (κ2) is 9.33. The molecule has 3 aromatic carbocycles. The van der Waals surface area contributed by atoms with Gasteiger partial charge in [0.2, 0.25) is 5.91 Å². The number of hydrogen-bond donors (Lipinski definition) is 1. The SMILES string of the molecule is O=C(CC1OC(=O)c2cc(-c3cc(F)ccc3F)ccc21)NCCn1c(=O)ccc2ccc(F)cc21. The van der Waals surface area contributed by atoms with Crippen LogP contribution in [-0.2, 0) is 16.1 Å². The summed E-state index contributed by atoms with van der Waals surface area (Å²) < 4.78 is 48.1. The van der Waals surface area contributed by atoms with Crippen LogP contribution in [0.1, 0.15) is 28.4 Å². The van der Waals surface area contributed by atoms with Gasteiger partial charge in [0.25, 0.3) is 5.56 Å². The van der Waals surface area contributed by atoms with Crippen molar-refractivity contribution in [2.24, 2.45) is 0 Å². The molecule has 5 rings (SSSR count). The predicted octanol–water partition coefficient (Wildman–Crippen LogP) is 4.50. The standard InChI is InChI=1S/C27H19F3N2O4/c28-17-5-7-22(30)20(12-17)16-2-6-19-21(11-16)27(35)36-24(19)14-25(33)31-9-10-32-23-13-18(29)4-1-15(23)3-8-26(32)34/h1-8,11-13,24H,9-10,14H2,(H,31,33). The molecule has 0 fully saturated rings. The minimum absolute atomic E-state index is 0.00959. The normalized spacial score (nSPS) is 14.5. The van der Waals surface area contributed by atoms with Crippen LogP contribution < -0.4 is 10.9 Å². The second-order valence-corrected chi connectivity index (χ2v) is 8.40. The number of ether oxygens (including phenoxy) is 1. The van der Waals surface area contributed by atoms with E-state index >= 15 is 0 Å². The van der Waals surface area contributed by atoms with Gasteiger partial charge in [-0.15, -0.1) is 0 Å². The molecular weight excluding hydrogens is 473 g/mol. The van der Waals surface area contributed by atoms with Gasteiger partial charge in [0.15, 0.2) is 0 Å². The highest BCUT2D eigenvalue weighted by atomic mass is 19.1. The average Bonchev–Trinajstić information content (AvgIpc) is 3.16. The molecule has 0 saturated carbocycles. The Bertz CT molecular complexity index is 1580. The van der Waals surface area contributed by atoms with Gasteiger partial charge in [-0.05, 0) is 59.5 Å². The number of pyridine rings is 1. The zero-order valence-electron chi connectivity index (χ0n) is 18.8. The van der Waals surface area contributed by atoms with Crippen LogP contribution in [0.5, 0.6) is 0 Å². The number of cyclic esters (lactones) is 1. The predicted molar refractivity (Wildman–Crippen MR) is 126 cm³/mol. The van der Waals surface area contributed by atoms with E-state index in [1.54, 1.807) is 18.2 Å². The van der Waals surface area contributed by atoms with Gasteiger partial charge in [0.1, 0.15) is 23.6 Å². The highest BCUT2D eigenvalue weighted by molar-refractivity contribution is 5.96. The molecule has 6 nitrogen and oxygen atoms in total. The molecule has 1 N–H and O–H groups in total. The number of amides is 1. The number of carbonyl (C=O) groups excluding carboxylic acids is 2. The quantitative estimate of drug-likeness (QED) is 0.402. The first-order chi connectivity index (χ1) is 17.3. The van der Waals surface area contributed by atoms with Crippen LogP contribution >= 0.6 is 0 Å². The fraction of sp³-hybridized carbons (Fsp3) is 0.148. The van der Waals surface area contributed by atoms with Crippen molar-refractivity contribution in [2.45, 2.75) is 19.1 Å². The lowest BCUT2D eigenvalue weighted by atomic mass is 9.96. The van der Waals surface area contributed by atoms with E-state index in [1.165, 1.54) is 34.9 Å². The van der Waals surface area contributed by atoms with Crippen LogP contribution in [0, 0.1) is 17.5 Å². The number of benzene rings is 3. The fourth-order valence-electron chi connectivity index (χ4n) is 4.35. The van der Waals surface area contributed by atoms with Gasteiger partial charge < -0.3 is 14.6 Å². The van der Waals surface area contributed by atoms with E-state index in [1.807, 2.05) is 0 Å². The number of esters is 1. The zero-order chi connectivity index (χ0) is 25.4. The maximum absolute atomic E-state index is 14.1. The van der Waals surface area contributed by atoms with E-state index < -0.39 is 35.4 Å². The topological polar surface area (TPSA) is 77.4 Å². The third kappa shape index (κ3) is 4.47. The maximum atomic E-state index is 14.1. The Labute approximate surface area is 202 Å². The Balaban J connectivity index is 1.27. The van der Waals surface area contributed by atoms with Crippen LogP contribution in [0.2, 0.25) is 0 Å². The van der Waals surface area contributed by atoms with Crippen LogP contribution in [0.4, 0.5) is 13.2 Å². The summed E-state index contributed by atoms with van der Waals surface area (Å²) in [5, 5.41) is 3.38. The third-order valence-electron chi connectivity index (χ3n) is 6.09. The van der Waals surface area contributed by atoms with E-state index in [9.17, 15) is 27.6 Å². The molecule has 9 heteroatoms. The van der Waals surface area contributed by atoms with Crippen LogP contribution in [0.25, 0.3) is 22.0 Å². The van der Waals surface area contributed by atoms with E-state index in [-0.39, 0.29) is 36.2 Å². The molecule has 1 aromatic heterocycles. The summed E-state index contributed by atoms with van der Waals surface area (Å²) in [6, 6.07) is 14.7. The highest BCUT2D eigenvalue weighted by Crippen LogP contribution is 2.36. The first kappa shape index (κ1) is 23.3. The summed E-state index contributed by atoms with van der Waals surface area (Å²) >= 11 is 0. The van der Waals surface area contributed by atoms with Crippen molar-refractivity contribution < 1.29 is 27.5 Å². The number of hydrogen-bond acceptors (Lipinski definition) is 4. The summed E-state index contributed by atoms with van der Waals surface area (Å²) in [5.41, 5.74) is 1.06. The molecule has 1 amide bonds. The molecule has 36 heavy (non-hydrogen) atoms. The second-order valence-electron chi connectivity index (χ2n) is 8.40. The van der Waals surface area contributed by atoms with Gasteiger partial charge in [-0.3, -0.25) is 9.59 Å². The minimum atomic E-state index is -0.840. The lowest BCUT2D eigenvalue weighted by Gasteiger charge is -2.13. The van der Waals surface area contributed by atoms with Gasteiger partial charge in [-0.25, -0.2) is 18.0 Å². The lowest BCUT2D eigenvalue weighted by molar-refractivity contribution is -0.123. The number of halogens is 3. The van der Waals surface area contributed by atoms with Crippen LogP contribution in [-0.4, -0.2) is 23.0 Å². The lowest BCUT2D eigenvalue weighted by Crippen LogP contribution is -2.31. The third-order valence-corrected chi connectivity index (χ3v) is 6.09. The first-order valence-electron chi connectivity index (χ1n) is 11.2. The fourth-order valence-corrected chi connectivity index (χ4v) is 4.35. The monoisotopic (exact) mass is 492 g/mol. The van der Waals surface area contributed by atoms with Crippen molar-refractivity contribution in [3.05, 3.63) is 106 Å². The van der Waals surface area contributed by atoms with Gasteiger partial charge in [-0.1, -0.05) is 12.1 Å². The molecule has 0 aliphatic carbocycles. The molecular formula is C27H19F3N2O4. The smallest absolute Gasteiger partial charge is 0.339 e. The summed E-state index contributed by atoms with van der Waals surface area (Å²) in [6.45, 7) is 0.217. The molecule has 0 spiro atoms. The van der Waals surface area contributed by atoms with E-state index in [4.69, 9.17) is 4.74 Å². The number of nitrogens with one attached hydrogen (secondary N) is 1. The molecule has 0 saturated heterocycles. The van der Waals surface area contributed by atoms with Crippen LogP contribution in [0.15, 0.2) is 71.5 Å². The van der Waals surface area contributed by atoms with Gasteiger partial charge in [-0.2, -0.15) is 0 Å². The van der Waals surface area contributed by atoms with E-state index in [0.717, 1.165) is 18.2 Å². The Morgan fingerprint density at radius 3 is 2.47 bits per heavy atom. The number of nitrogens with zero attached hydrogens (tertiary/aromatic N) is 1. The van der Waals surface area contributed by atoms with Crippen LogP contribution in [0.3, 0.4) is 0 Å². The van der Waals surface area contributed by atoms with E-state index in [2.05, 4.69) is 5.32 Å². The number of rotatable bonds is 6. The van der Waals surface area contributed by atoms with Crippen molar-refractivity contribution in [1.29, 1.82) is 0 Å². The Morgan fingerprint density at radius 2 is 1.64 bits per heavy atom. The maximum Gasteiger partial charge on any atom is 0.339 e. The van der Waals surface area contributed by atoms with E-state index in [0.29, 0.717) is 22.0 Å². The summed E-state index contributed by atoms with van der Waals surface area (Å²) in [6.07, 6.45) is -1.00. The van der Waals surface area contributed by atoms with Crippen molar-refractivity contribution >= 4 is 22.8 Å². The van der Waals surface area contributed by atoms with Crippen molar-refractivity contribution in [1.82, 2.24) is 9.88 Å². The molecule has 0 bridgehead atoms. The zero-order valence-corrected chi connectivity index (χ0v) is 18.8. The molecule has 1 atom stereocenters. The van der Waals surface area contributed by atoms with Crippen molar-refractivity contribution in [3.63, 3.8) is 0 Å². The first-order valence-corrected chi connectivity index (χ1v) is 11.2. The molecule has 1 aliphatic heterocycles. The molecule has 1 aliphatic rings. The Kier molecular flexibility index (Phi) is 6.05. The minimum Gasteiger partial charge on any atom is -0.453 e. The van der Waals surface area contributed by atoms with Gasteiger partial charge >= 0.3 is 5.97 Å². The van der Waals surface area contributed by atoms with Crippen molar-refractivity contribution in [2.75, 3.05) is 6.54 Å². The number of aromatic nitrogens is 1. The molecule has 4 aromatic rings. The Hall–Kier alpha value is -4.40. The Morgan fingerprint density at radius 1 is 0.889 bits per heavy atom.